The lowest BCUT2D eigenvalue weighted by atomic mass is 10.3. The molecule has 3 rings (SSSR count). The summed E-state index contributed by atoms with van der Waals surface area (Å²) in [5, 5.41) is 18.7. The van der Waals surface area contributed by atoms with E-state index in [2.05, 4.69) is 20.0 Å². The number of aromatic carboxylic acids is 1. The van der Waals surface area contributed by atoms with Crippen LogP contribution in [0.1, 0.15) is 47.8 Å². The van der Waals surface area contributed by atoms with Gasteiger partial charge in [-0.2, -0.15) is 10.2 Å². The van der Waals surface area contributed by atoms with Crippen LogP contribution in [0.15, 0.2) is 23.5 Å². The minimum Gasteiger partial charge on any atom is -0.478 e. The summed E-state index contributed by atoms with van der Waals surface area (Å²) in [6.07, 6.45) is 8.02. The molecule has 2 aromatic heterocycles. The first kappa shape index (κ1) is 16.7. The first-order valence-electron chi connectivity index (χ1n) is 7.78. The molecule has 0 spiro atoms. The molecule has 3 N–H and O–H groups in total. The van der Waals surface area contributed by atoms with Crippen LogP contribution in [0.4, 0.5) is 0 Å². The number of carbonyl (C=O) groups is 1. The third-order valence-corrected chi connectivity index (χ3v) is 5.57. The number of aromatic amines is 1. The molecule has 0 radical (unpaired) electrons. The van der Waals surface area contributed by atoms with Crippen LogP contribution in [0.25, 0.3) is 0 Å². The predicted octanol–water partition coefficient (Wildman–Crippen LogP) is 0.940. The molecule has 1 aliphatic carbocycles. The molecule has 10 heteroatoms. The van der Waals surface area contributed by atoms with Crippen molar-refractivity contribution in [2.45, 2.75) is 43.2 Å². The Hall–Kier alpha value is -2.20. The molecular formula is C14H19N5O4S. The van der Waals surface area contributed by atoms with Crippen LogP contribution in [0.2, 0.25) is 0 Å². The van der Waals surface area contributed by atoms with Gasteiger partial charge in [0, 0.05) is 19.2 Å². The van der Waals surface area contributed by atoms with Crippen LogP contribution in [-0.2, 0) is 16.4 Å². The summed E-state index contributed by atoms with van der Waals surface area (Å²) in [6, 6.07) is 2.32. The highest BCUT2D eigenvalue weighted by Crippen LogP contribution is 2.28. The minimum atomic E-state index is -3.96. The second-order valence-electron chi connectivity index (χ2n) is 5.79. The van der Waals surface area contributed by atoms with Gasteiger partial charge in [0.15, 0.2) is 5.03 Å². The lowest BCUT2D eigenvalue weighted by Crippen LogP contribution is -2.27. The van der Waals surface area contributed by atoms with Gasteiger partial charge in [0.2, 0.25) is 0 Å². The van der Waals surface area contributed by atoms with Crippen molar-refractivity contribution in [3.05, 3.63) is 29.7 Å². The predicted molar refractivity (Wildman–Crippen MR) is 84.2 cm³/mol. The van der Waals surface area contributed by atoms with Crippen molar-refractivity contribution in [2.24, 2.45) is 0 Å². The molecule has 0 saturated heterocycles. The molecule has 0 aliphatic heterocycles. The van der Waals surface area contributed by atoms with E-state index in [0.717, 1.165) is 24.7 Å². The summed E-state index contributed by atoms with van der Waals surface area (Å²) in [7, 11) is -3.96. The van der Waals surface area contributed by atoms with E-state index in [4.69, 9.17) is 5.11 Å². The number of hydrogen-bond donors (Lipinski definition) is 3. The molecule has 130 valence electrons. The van der Waals surface area contributed by atoms with Gasteiger partial charge in [-0.15, -0.1) is 0 Å². The van der Waals surface area contributed by atoms with Crippen molar-refractivity contribution in [2.75, 3.05) is 6.54 Å². The number of sulfonamides is 1. The fourth-order valence-corrected chi connectivity index (χ4v) is 4.02. The smallest absolute Gasteiger partial charge is 0.340 e. The second-order valence-corrected chi connectivity index (χ2v) is 7.49. The maximum absolute atomic E-state index is 12.2. The average molecular weight is 353 g/mol. The van der Waals surface area contributed by atoms with Gasteiger partial charge in [-0.3, -0.25) is 9.78 Å². The minimum absolute atomic E-state index is 0.127. The normalized spacial score (nSPS) is 15.8. The molecule has 0 unspecified atom stereocenters. The second kappa shape index (κ2) is 6.73. The van der Waals surface area contributed by atoms with Gasteiger partial charge in [0.25, 0.3) is 10.0 Å². The van der Waals surface area contributed by atoms with Gasteiger partial charge in [-0.05, 0) is 18.9 Å². The number of H-pyrrole nitrogens is 1. The Morgan fingerprint density at radius 2 is 2.17 bits per heavy atom. The molecule has 9 nitrogen and oxygen atoms in total. The Morgan fingerprint density at radius 3 is 2.88 bits per heavy atom. The summed E-state index contributed by atoms with van der Waals surface area (Å²) in [6.45, 7) is 0.127. The van der Waals surface area contributed by atoms with Gasteiger partial charge < -0.3 is 5.11 Å². The summed E-state index contributed by atoms with van der Waals surface area (Å²) < 4.78 is 28.6. The Morgan fingerprint density at radius 1 is 1.42 bits per heavy atom. The van der Waals surface area contributed by atoms with E-state index in [1.807, 2.05) is 16.9 Å². The van der Waals surface area contributed by atoms with Gasteiger partial charge >= 0.3 is 5.97 Å². The molecule has 1 fully saturated rings. The van der Waals surface area contributed by atoms with E-state index in [9.17, 15) is 13.2 Å². The Labute approximate surface area is 139 Å². The molecule has 2 heterocycles. The molecule has 0 amide bonds. The Balaban J connectivity index is 1.59. The number of nitrogens with one attached hydrogen (secondary N) is 2. The van der Waals surface area contributed by atoms with Crippen LogP contribution in [0.5, 0.6) is 0 Å². The zero-order valence-corrected chi connectivity index (χ0v) is 13.8. The number of aromatic nitrogens is 4. The molecule has 1 saturated carbocycles. The standard InChI is InChI=1S/C14H19N5O4S/c20-14(21)12-9-15-17-13(12)24(22,23)16-7-5-10-6-8-19(18-10)11-3-1-2-4-11/h6,8-9,11,16H,1-5,7H2,(H,15,17)(H,20,21). The molecule has 2 aromatic rings. The third kappa shape index (κ3) is 3.49. The molecule has 24 heavy (non-hydrogen) atoms. The largest absolute Gasteiger partial charge is 0.478 e. The van der Waals surface area contributed by atoms with Crippen molar-refractivity contribution < 1.29 is 18.3 Å². The summed E-state index contributed by atoms with van der Waals surface area (Å²) in [5.41, 5.74) is 0.417. The van der Waals surface area contributed by atoms with Crippen LogP contribution in [-0.4, -0.2) is 46.0 Å². The molecule has 0 aromatic carbocycles. The first-order chi connectivity index (χ1) is 11.5. The summed E-state index contributed by atoms with van der Waals surface area (Å²) >= 11 is 0. The van der Waals surface area contributed by atoms with Gasteiger partial charge in [-0.25, -0.2) is 17.9 Å². The highest BCUT2D eigenvalue weighted by Gasteiger charge is 2.24. The van der Waals surface area contributed by atoms with E-state index >= 15 is 0 Å². The number of rotatable bonds is 7. The molecule has 0 atom stereocenters. The van der Waals surface area contributed by atoms with Crippen molar-refractivity contribution >= 4 is 16.0 Å². The number of carboxylic acid groups (broad SMARTS) is 1. The Bertz CT molecular complexity index is 820. The fourth-order valence-electron chi connectivity index (χ4n) is 2.90. The van der Waals surface area contributed by atoms with E-state index < -0.39 is 21.0 Å². The zero-order chi connectivity index (χ0) is 17.2. The van der Waals surface area contributed by atoms with Crippen LogP contribution in [0, 0.1) is 0 Å². The van der Waals surface area contributed by atoms with Gasteiger partial charge in [0.05, 0.1) is 17.9 Å². The van der Waals surface area contributed by atoms with E-state index in [0.29, 0.717) is 12.5 Å². The van der Waals surface area contributed by atoms with Crippen molar-refractivity contribution in [3.8, 4) is 0 Å². The summed E-state index contributed by atoms with van der Waals surface area (Å²) in [4.78, 5) is 11.0. The van der Waals surface area contributed by atoms with Crippen LogP contribution < -0.4 is 4.72 Å². The fraction of sp³-hybridized carbons (Fsp3) is 0.500. The number of hydrogen-bond acceptors (Lipinski definition) is 5. The molecular weight excluding hydrogens is 334 g/mol. The van der Waals surface area contributed by atoms with Crippen molar-refractivity contribution in [3.63, 3.8) is 0 Å². The van der Waals surface area contributed by atoms with E-state index in [1.54, 1.807) is 0 Å². The number of nitrogens with zero attached hydrogens (tertiary/aromatic N) is 3. The maximum Gasteiger partial charge on any atom is 0.340 e. The third-order valence-electron chi connectivity index (χ3n) is 4.14. The monoisotopic (exact) mass is 353 g/mol. The zero-order valence-electron chi connectivity index (χ0n) is 13.0. The maximum atomic E-state index is 12.2. The van der Waals surface area contributed by atoms with Gasteiger partial charge in [0.1, 0.15) is 5.56 Å². The number of carboxylic acids is 1. The summed E-state index contributed by atoms with van der Waals surface area (Å²) in [5.74, 6) is -1.35. The first-order valence-corrected chi connectivity index (χ1v) is 9.26. The molecule has 0 bridgehead atoms. The lowest BCUT2D eigenvalue weighted by molar-refractivity contribution is 0.0692. The Kier molecular flexibility index (Phi) is 4.67. The quantitative estimate of drug-likeness (QED) is 0.679. The van der Waals surface area contributed by atoms with Crippen molar-refractivity contribution in [1.82, 2.24) is 24.7 Å². The lowest BCUT2D eigenvalue weighted by Gasteiger charge is -2.09. The van der Waals surface area contributed by atoms with Crippen molar-refractivity contribution in [1.29, 1.82) is 0 Å². The SMILES string of the molecule is O=C(O)c1cn[nH]c1S(=O)(=O)NCCc1ccn(C2CCCC2)n1. The van der Waals surface area contributed by atoms with E-state index in [-0.39, 0.29) is 12.1 Å². The molecule has 1 aliphatic rings. The van der Waals surface area contributed by atoms with Gasteiger partial charge in [-0.1, -0.05) is 12.8 Å². The van der Waals surface area contributed by atoms with Crippen LogP contribution in [0.3, 0.4) is 0 Å². The van der Waals surface area contributed by atoms with E-state index in [1.165, 1.54) is 12.8 Å². The topological polar surface area (TPSA) is 130 Å². The highest BCUT2D eigenvalue weighted by atomic mass is 32.2. The highest BCUT2D eigenvalue weighted by molar-refractivity contribution is 7.89. The average Bonchev–Trinajstić information content (AvgIpc) is 3.27. The van der Waals surface area contributed by atoms with Crippen LogP contribution >= 0.6 is 0 Å².